The van der Waals surface area contributed by atoms with Gasteiger partial charge in [0, 0.05) is 25.4 Å². The van der Waals surface area contributed by atoms with Crippen molar-refractivity contribution in [2.75, 3.05) is 13.2 Å². The monoisotopic (exact) mass is 289 g/mol. The van der Waals surface area contributed by atoms with Gasteiger partial charge in [-0.05, 0) is 38.7 Å². The third kappa shape index (κ3) is 2.63. The Morgan fingerprint density at radius 2 is 2.38 bits per heavy atom. The molecule has 1 aliphatic heterocycles. The Labute approximate surface area is 122 Å². The minimum absolute atomic E-state index is 0.0249. The number of piperidine rings is 1. The lowest BCUT2D eigenvalue weighted by Gasteiger charge is -2.35. The van der Waals surface area contributed by atoms with Crippen LogP contribution in [0.4, 0.5) is 0 Å². The normalized spacial score (nSPS) is 19.1. The minimum atomic E-state index is -0.0249. The number of aliphatic hydroxyl groups is 1. The van der Waals surface area contributed by atoms with E-state index in [1.54, 1.807) is 12.3 Å². The van der Waals surface area contributed by atoms with E-state index in [0.717, 1.165) is 36.9 Å². The third-order valence-corrected chi connectivity index (χ3v) is 4.11. The molecule has 1 atom stereocenters. The number of hydrogen-bond donors (Lipinski definition) is 1. The zero-order valence-corrected chi connectivity index (χ0v) is 12.1. The van der Waals surface area contributed by atoms with Crippen LogP contribution in [0.2, 0.25) is 0 Å². The Bertz CT molecular complexity index is 651. The van der Waals surface area contributed by atoms with E-state index < -0.39 is 0 Å². The molecule has 0 aliphatic carbocycles. The van der Waals surface area contributed by atoms with Crippen molar-refractivity contribution in [2.24, 2.45) is 0 Å². The van der Waals surface area contributed by atoms with Crippen LogP contribution < -0.4 is 0 Å². The number of aromatic nitrogens is 2. The van der Waals surface area contributed by atoms with Crippen molar-refractivity contribution < 1.29 is 14.4 Å². The van der Waals surface area contributed by atoms with E-state index in [2.05, 4.69) is 10.1 Å². The summed E-state index contributed by atoms with van der Waals surface area (Å²) in [5.41, 5.74) is 1.74. The molecule has 0 bridgehead atoms. The number of carbonyl (C=O) groups is 1. The fourth-order valence-corrected chi connectivity index (χ4v) is 2.94. The number of rotatable bonds is 3. The van der Waals surface area contributed by atoms with Crippen LogP contribution in [0.1, 0.15) is 41.7 Å². The van der Waals surface area contributed by atoms with E-state index in [-0.39, 0.29) is 18.6 Å². The molecule has 0 radical (unpaired) electrons. The van der Waals surface area contributed by atoms with Crippen molar-refractivity contribution in [3.63, 3.8) is 0 Å². The molecule has 6 heteroatoms. The average Bonchev–Trinajstić information content (AvgIpc) is 2.88. The number of aliphatic hydroxyl groups excluding tert-OH is 1. The lowest BCUT2D eigenvalue weighted by molar-refractivity contribution is 0.0574. The van der Waals surface area contributed by atoms with Crippen LogP contribution in [0, 0.1) is 6.92 Å². The fraction of sp³-hybridized carbons (Fsp3) is 0.533. The summed E-state index contributed by atoms with van der Waals surface area (Å²) < 4.78 is 5.07. The second kappa shape index (κ2) is 5.81. The van der Waals surface area contributed by atoms with Gasteiger partial charge in [-0.25, -0.2) is 4.98 Å². The second-order valence-electron chi connectivity index (χ2n) is 5.51. The molecule has 0 spiro atoms. The Morgan fingerprint density at radius 3 is 3.19 bits per heavy atom. The standard InChI is InChI=1S/C15H19N3O3/c1-10-13-8-11(9-16-14(13)21-17-10)15(20)18-6-3-2-4-12(18)5-7-19/h8-9,12,19H,2-7H2,1H3. The molecular formula is C15H19N3O3. The zero-order valence-electron chi connectivity index (χ0n) is 12.1. The van der Waals surface area contributed by atoms with Gasteiger partial charge in [0.1, 0.15) is 0 Å². The highest BCUT2D eigenvalue weighted by molar-refractivity contribution is 5.97. The summed E-state index contributed by atoms with van der Waals surface area (Å²) in [6.45, 7) is 2.68. The molecule has 0 saturated carbocycles. The van der Waals surface area contributed by atoms with Crippen LogP contribution in [-0.2, 0) is 0 Å². The number of pyridine rings is 1. The molecule has 112 valence electrons. The number of hydrogen-bond acceptors (Lipinski definition) is 5. The molecule has 3 heterocycles. The molecule has 1 amide bonds. The van der Waals surface area contributed by atoms with Gasteiger partial charge in [-0.3, -0.25) is 4.79 Å². The number of fused-ring (bicyclic) bond motifs is 1. The van der Waals surface area contributed by atoms with Gasteiger partial charge in [0.25, 0.3) is 11.6 Å². The van der Waals surface area contributed by atoms with Crippen molar-refractivity contribution >= 4 is 17.0 Å². The summed E-state index contributed by atoms with van der Waals surface area (Å²) in [6, 6.07) is 1.91. The summed E-state index contributed by atoms with van der Waals surface area (Å²) in [5, 5.41) is 13.8. The first kappa shape index (κ1) is 14.0. The molecule has 1 aliphatic rings. The quantitative estimate of drug-likeness (QED) is 0.933. The maximum Gasteiger partial charge on any atom is 0.257 e. The van der Waals surface area contributed by atoms with Gasteiger partial charge in [0.2, 0.25) is 0 Å². The predicted molar refractivity (Wildman–Crippen MR) is 76.9 cm³/mol. The highest BCUT2D eigenvalue weighted by atomic mass is 16.5. The Kier molecular flexibility index (Phi) is 3.88. The molecule has 2 aromatic heterocycles. The van der Waals surface area contributed by atoms with E-state index in [4.69, 9.17) is 9.63 Å². The number of amides is 1. The molecule has 2 aromatic rings. The molecule has 0 aromatic carbocycles. The van der Waals surface area contributed by atoms with E-state index in [0.29, 0.717) is 17.7 Å². The fourth-order valence-electron chi connectivity index (χ4n) is 2.94. The predicted octanol–water partition coefficient (Wildman–Crippen LogP) is 1.91. The Balaban J connectivity index is 1.89. The van der Waals surface area contributed by atoms with Gasteiger partial charge in [-0.2, -0.15) is 0 Å². The molecule has 21 heavy (non-hydrogen) atoms. The van der Waals surface area contributed by atoms with Crippen molar-refractivity contribution in [3.8, 4) is 0 Å². The minimum Gasteiger partial charge on any atom is -0.396 e. The summed E-state index contributed by atoms with van der Waals surface area (Å²) in [7, 11) is 0. The smallest absolute Gasteiger partial charge is 0.257 e. The van der Waals surface area contributed by atoms with Crippen LogP contribution in [0.5, 0.6) is 0 Å². The van der Waals surface area contributed by atoms with E-state index >= 15 is 0 Å². The van der Waals surface area contributed by atoms with E-state index in [1.807, 2.05) is 11.8 Å². The maximum absolute atomic E-state index is 12.7. The number of nitrogens with zero attached hydrogens (tertiary/aromatic N) is 3. The lowest BCUT2D eigenvalue weighted by atomic mass is 9.98. The second-order valence-corrected chi connectivity index (χ2v) is 5.51. The van der Waals surface area contributed by atoms with Gasteiger partial charge < -0.3 is 14.5 Å². The SMILES string of the molecule is Cc1noc2ncc(C(=O)N3CCCCC3CCO)cc12. The largest absolute Gasteiger partial charge is 0.396 e. The Hall–Kier alpha value is -1.95. The molecule has 1 saturated heterocycles. The first-order chi connectivity index (χ1) is 10.2. The summed E-state index contributed by atoms with van der Waals surface area (Å²) in [6.07, 6.45) is 5.24. The topological polar surface area (TPSA) is 79.5 Å². The van der Waals surface area contributed by atoms with Crippen molar-refractivity contribution in [1.29, 1.82) is 0 Å². The zero-order chi connectivity index (χ0) is 14.8. The van der Waals surface area contributed by atoms with Crippen LogP contribution in [0.3, 0.4) is 0 Å². The van der Waals surface area contributed by atoms with Crippen LogP contribution in [0.25, 0.3) is 11.1 Å². The van der Waals surface area contributed by atoms with Crippen molar-refractivity contribution in [2.45, 2.75) is 38.6 Å². The molecular weight excluding hydrogens is 270 g/mol. The van der Waals surface area contributed by atoms with Gasteiger partial charge in [-0.15, -0.1) is 0 Å². The highest BCUT2D eigenvalue weighted by Crippen LogP contribution is 2.23. The van der Waals surface area contributed by atoms with Crippen LogP contribution in [0.15, 0.2) is 16.8 Å². The molecule has 3 rings (SSSR count). The molecule has 1 fully saturated rings. The number of likely N-dealkylation sites (tertiary alicyclic amines) is 1. The molecule has 1 unspecified atom stereocenters. The van der Waals surface area contributed by atoms with Crippen molar-refractivity contribution in [3.05, 3.63) is 23.5 Å². The van der Waals surface area contributed by atoms with E-state index in [1.165, 1.54) is 0 Å². The maximum atomic E-state index is 12.7. The van der Waals surface area contributed by atoms with Crippen molar-refractivity contribution in [1.82, 2.24) is 15.0 Å². The summed E-state index contributed by atoms with van der Waals surface area (Å²) in [4.78, 5) is 18.7. The first-order valence-corrected chi connectivity index (χ1v) is 7.34. The summed E-state index contributed by atoms with van der Waals surface area (Å²) in [5.74, 6) is -0.0249. The van der Waals surface area contributed by atoms with Gasteiger partial charge in [0.15, 0.2) is 0 Å². The average molecular weight is 289 g/mol. The molecule has 1 N–H and O–H groups in total. The Morgan fingerprint density at radius 1 is 1.52 bits per heavy atom. The third-order valence-electron chi connectivity index (χ3n) is 4.11. The van der Waals surface area contributed by atoms with Crippen LogP contribution in [-0.4, -0.2) is 45.2 Å². The van der Waals surface area contributed by atoms with Gasteiger partial charge in [-0.1, -0.05) is 5.16 Å². The van der Waals surface area contributed by atoms with E-state index in [9.17, 15) is 4.79 Å². The lowest BCUT2D eigenvalue weighted by Crippen LogP contribution is -2.44. The summed E-state index contributed by atoms with van der Waals surface area (Å²) >= 11 is 0. The van der Waals surface area contributed by atoms with Crippen LogP contribution >= 0.6 is 0 Å². The molecule has 6 nitrogen and oxygen atoms in total. The number of aryl methyl sites for hydroxylation is 1. The van der Waals surface area contributed by atoms with Gasteiger partial charge >= 0.3 is 0 Å². The first-order valence-electron chi connectivity index (χ1n) is 7.34. The van der Waals surface area contributed by atoms with Gasteiger partial charge in [0.05, 0.1) is 16.6 Å². The number of carbonyl (C=O) groups excluding carboxylic acids is 1. The highest BCUT2D eigenvalue weighted by Gasteiger charge is 2.27.